The summed E-state index contributed by atoms with van der Waals surface area (Å²) in [6.07, 6.45) is 4.03. The summed E-state index contributed by atoms with van der Waals surface area (Å²) in [6.45, 7) is 3.32. The van der Waals surface area contributed by atoms with E-state index in [-0.39, 0.29) is 12.3 Å². The van der Waals surface area contributed by atoms with Crippen molar-refractivity contribution >= 4 is 39.0 Å². The lowest BCUT2D eigenvalue weighted by Gasteiger charge is -2.05. The molecule has 0 saturated heterocycles. The topological polar surface area (TPSA) is 55.6 Å². The van der Waals surface area contributed by atoms with E-state index in [1.807, 2.05) is 55.5 Å². The lowest BCUT2D eigenvalue weighted by Crippen LogP contribution is -2.19. The number of hydrazone groups is 1. The molecule has 1 heterocycles. The average molecular weight is 490 g/mol. The van der Waals surface area contributed by atoms with Crippen LogP contribution in [0.5, 0.6) is 5.75 Å². The second-order valence-corrected chi connectivity index (χ2v) is 8.32. The summed E-state index contributed by atoms with van der Waals surface area (Å²) in [7, 11) is 0. The monoisotopic (exact) mass is 489 g/mol. The molecule has 32 heavy (non-hydrogen) atoms. The molecular weight excluding hydrogens is 466 g/mol. The molecule has 0 aliphatic heterocycles. The summed E-state index contributed by atoms with van der Waals surface area (Å²) < 4.78 is 8.69. The predicted molar refractivity (Wildman–Crippen MR) is 132 cm³/mol. The molecule has 0 fully saturated rings. The fourth-order valence-corrected chi connectivity index (χ4v) is 3.83. The third-order valence-electron chi connectivity index (χ3n) is 5.08. The van der Waals surface area contributed by atoms with E-state index in [1.54, 1.807) is 6.21 Å². The molecule has 5 nitrogen and oxygen atoms in total. The molecule has 3 aromatic carbocycles. The van der Waals surface area contributed by atoms with Crippen LogP contribution in [0.15, 0.2) is 88.6 Å². The number of rotatable bonds is 8. The van der Waals surface area contributed by atoms with Crippen molar-refractivity contribution in [2.75, 3.05) is 6.61 Å². The van der Waals surface area contributed by atoms with Crippen molar-refractivity contribution in [3.63, 3.8) is 0 Å². The highest BCUT2D eigenvalue weighted by molar-refractivity contribution is 9.10. The number of para-hydroxylation sites is 1. The molecule has 0 aliphatic rings. The van der Waals surface area contributed by atoms with Crippen LogP contribution in [0.25, 0.3) is 10.9 Å². The maximum Gasteiger partial charge on any atom is 0.244 e. The fourth-order valence-electron chi connectivity index (χ4n) is 3.56. The van der Waals surface area contributed by atoms with Crippen molar-refractivity contribution in [1.29, 1.82) is 0 Å². The smallest absolute Gasteiger partial charge is 0.244 e. The zero-order valence-electron chi connectivity index (χ0n) is 17.8. The minimum atomic E-state index is -0.163. The Balaban J connectivity index is 1.44. The van der Waals surface area contributed by atoms with E-state index < -0.39 is 0 Å². The van der Waals surface area contributed by atoms with Gasteiger partial charge in [-0.3, -0.25) is 4.79 Å². The SMILES string of the molecule is CCOc1ccc(CC(=O)N/N=C\c2cn(Cc3ccc(Br)cc3)c3ccccc23)cc1. The summed E-state index contributed by atoms with van der Waals surface area (Å²) in [5.41, 5.74) is 6.83. The molecule has 4 rings (SSSR count). The summed E-state index contributed by atoms with van der Waals surface area (Å²) in [5.74, 6) is 0.637. The van der Waals surface area contributed by atoms with E-state index in [0.29, 0.717) is 6.61 Å². The first-order chi connectivity index (χ1) is 15.6. The van der Waals surface area contributed by atoms with Crippen LogP contribution in [0.1, 0.15) is 23.6 Å². The third-order valence-corrected chi connectivity index (χ3v) is 5.61. The van der Waals surface area contributed by atoms with Crippen LogP contribution < -0.4 is 10.2 Å². The summed E-state index contributed by atoms with van der Waals surface area (Å²) in [4.78, 5) is 12.3. The van der Waals surface area contributed by atoms with Gasteiger partial charge in [-0.1, -0.05) is 58.4 Å². The van der Waals surface area contributed by atoms with Crippen LogP contribution in [0.3, 0.4) is 0 Å². The Kier molecular flexibility index (Phi) is 7.02. The van der Waals surface area contributed by atoms with Crippen LogP contribution in [-0.2, 0) is 17.8 Å². The van der Waals surface area contributed by atoms with E-state index in [0.717, 1.165) is 38.8 Å². The molecule has 0 atom stereocenters. The van der Waals surface area contributed by atoms with E-state index >= 15 is 0 Å². The Morgan fingerprint density at radius 3 is 2.50 bits per heavy atom. The second kappa shape index (κ2) is 10.3. The zero-order valence-corrected chi connectivity index (χ0v) is 19.4. The number of hydrogen-bond donors (Lipinski definition) is 1. The van der Waals surface area contributed by atoms with Crippen LogP contribution >= 0.6 is 15.9 Å². The summed E-state index contributed by atoms with van der Waals surface area (Å²) >= 11 is 3.48. The first-order valence-electron chi connectivity index (χ1n) is 10.5. The van der Waals surface area contributed by atoms with E-state index in [1.165, 1.54) is 5.56 Å². The van der Waals surface area contributed by atoms with Crippen molar-refractivity contribution in [3.8, 4) is 5.75 Å². The first kappa shape index (κ1) is 21.8. The Labute approximate surface area is 195 Å². The minimum absolute atomic E-state index is 0.163. The molecule has 6 heteroatoms. The van der Waals surface area contributed by atoms with Crippen molar-refractivity contribution in [2.45, 2.75) is 19.9 Å². The molecule has 0 saturated carbocycles. The Bertz CT molecular complexity index is 1230. The van der Waals surface area contributed by atoms with Gasteiger partial charge in [-0.2, -0.15) is 5.10 Å². The van der Waals surface area contributed by atoms with Crippen LogP contribution in [0.2, 0.25) is 0 Å². The van der Waals surface area contributed by atoms with E-state index in [4.69, 9.17) is 4.74 Å². The normalized spacial score (nSPS) is 11.2. The van der Waals surface area contributed by atoms with Crippen molar-refractivity contribution < 1.29 is 9.53 Å². The average Bonchev–Trinajstić information content (AvgIpc) is 3.14. The number of carbonyl (C=O) groups excluding carboxylic acids is 1. The molecule has 1 amide bonds. The number of ether oxygens (including phenoxy) is 1. The van der Waals surface area contributed by atoms with Gasteiger partial charge >= 0.3 is 0 Å². The van der Waals surface area contributed by atoms with Gasteiger partial charge < -0.3 is 9.30 Å². The highest BCUT2D eigenvalue weighted by atomic mass is 79.9. The van der Waals surface area contributed by atoms with Gasteiger partial charge in [0, 0.05) is 33.7 Å². The van der Waals surface area contributed by atoms with Crippen molar-refractivity contribution in [1.82, 2.24) is 9.99 Å². The number of nitrogens with zero attached hydrogens (tertiary/aromatic N) is 2. The number of aromatic nitrogens is 1. The van der Waals surface area contributed by atoms with Gasteiger partial charge in [0.1, 0.15) is 5.75 Å². The van der Waals surface area contributed by atoms with Crippen molar-refractivity contribution in [3.05, 3.63) is 100 Å². The lowest BCUT2D eigenvalue weighted by atomic mass is 10.1. The van der Waals surface area contributed by atoms with Gasteiger partial charge in [0.15, 0.2) is 0 Å². The zero-order chi connectivity index (χ0) is 22.3. The highest BCUT2D eigenvalue weighted by Crippen LogP contribution is 2.22. The number of benzene rings is 3. The molecule has 0 bridgehead atoms. The van der Waals surface area contributed by atoms with Gasteiger partial charge in [-0.05, 0) is 48.4 Å². The van der Waals surface area contributed by atoms with Crippen molar-refractivity contribution in [2.24, 2.45) is 5.10 Å². The van der Waals surface area contributed by atoms with Gasteiger partial charge in [-0.25, -0.2) is 5.43 Å². The molecule has 0 aliphatic carbocycles. The maximum atomic E-state index is 12.3. The van der Waals surface area contributed by atoms with E-state index in [2.05, 4.69) is 61.5 Å². The number of hydrogen-bond acceptors (Lipinski definition) is 3. The lowest BCUT2D eigenvalue weighted by molar-refractivity contribution is -0.120. The molecule has 4 aromatic rings. The van der Waals surface area contributed by atoms with Gasteiger partial charge in [0.05, 0.1) is 19.2 Å². The quantitative estimate of drug-likeness (QED) is 0.260. The Hall–Kier alpha value is -3.38. The second-order valence-electron chi connectivity index (χ2n) is 7.40. The summed E-state index contributed by atoms with van der Waals surface area (Å²) in [5, 5.41) is 5.29. The number of halogens is 1. The number of nitrogens with one attached hydrogen (secondary N) is 1. The fraction of sp³-hybridized carbons (Fsp3) is 0.154. The number of carbonyl (C=O) groups is 1. The molecule has 0 spiro atoms. The first-order valence-corrected chi connectivity index (χ1v) is 11.3. The largest absolute Gasteiger partial charge is 0.494 e. The van der Waals surface area contributed by atoms with Crippen LogP contribution in [0.4, 0.5) is 0 Å². The molecule has 0 radical (unpaired) electrons. The number of fused-ring (bicyclic) bond motifs is 1. The van der Waals surface area contributed by atoms with Gasteiger partial charge in [0.2, 0.25) is 5.91 Å². The molecule has 162 valence electrons. The maximum absolute atomic E-state index is 12.3. The minimum Gasteiger partial charge on any atom is -0.494 e. The molecular formula is C26H24BrN3O2. The predicted octanol–water partition coefficient (Wildman–Crippen LogP) is 5.54. The van der Waals surface area contributed by atoms with Gasteiger partial charge in [-0.15, -0.1) is 0 Å². The van der Waals surface area contributed by atoms with Crippen LogP contribution in [0, 0.1) is 0 Å². The Morgan fingerprint density at radius 1 is 1.03 bits per heavy atom. The molecule has 1 aromatic heterocycles. The number of amides is 1. The molecule has 1 N–H and O–H groups in total. The van der Waals surface area contributed by atoms with Crippen LogP contribution in [-0.4, -0.2) is 23.3 Å². The standard InChI is InChI=1S/C26H24BrN3O2/c1-2-32-23-13-9-19(10-14-23)15-26(31)29-28-16-21-18-30(25-6-4-3-5-24(21)25)17-20-7-11-22(27)12-8-20/h3-14,16,18H,2,15,17H2,1H3,(H,29,31)/b28-16-. The third kappa shape index (κ3) is 5.45. The van der Waals surface area contributed by atoms with Gasteiger partial charge in [0.25, 0.3) is 0 Å². The highest BCUT2D eigenvalue weighted by Gasteiger charge is 2.08. The summed E-state index contributed by atoms with van der Waals surface area (Å²) in [6, 6.07) is 24.0. The van der Waals surface area contributed by atoms with E-state index in [9.17, 15) is 4.79 Å². The molecule has 0 unspecified atom stereocenters. The Morgan fingerprint density at radius 2 is 1.75 bits per heavy atom.